The second kappa shape index (κ2) is 6.91. The first-order valence-corrected chi connectivity index (χ1v) is 6.63. The molecule has 0 spiro atoms. The highest BCUT2D eigenvalue weighted by Gasteiger charge is 2.22. The lowest BCUT2D eigenvalue weighted by molar-refractivity contribution is -0.385. The fourth-order valence-electron chi connectivity index (χ4n) is 1.87. The first-order valence-electron chi connectivity index (χ1n) is 6.26. The molecule has 0 atom stereocenters. The SMILES string of the molecule is COc1ccccc1COC(=O)c1cc(Cl)ccc1[N+](=O)[O-]. The van der Waals surface area contributed by atoms with Crippen molar-refractivity contribution in [3.8, 4) is 5.75 Å². The van der Waals surface area contributed by atoms with Gasteiger partial charge in [-0.2, -0.15) is 0 Å². The Morgan fingerprint density at radius 3 is 2.68 bits per heavy atom. The normalized spacial score (nSPS) is 10.1. The van der Waals surface area contributed by atoms with E-state index in [-0.39, 0.29) is 22.9 Å². The smallest absolute Gasteiger partial charge is 0.345 e. The highest BCUT2D eigenvalue weighted by atomic mass is 35.5. The zero-order valence-electron chi connectivity index (χ0n) is 11.6. The van der Waals surface area contributed by atoms with Gasteiger partial charge in [-0.25, -0.2) is 4.79 Å². The van der Waals surface area contributed by atoms with Gasteiger partial charge in [0.25, 0.3) is 5.69 Å². The molecule has 114 valence electrons. The van der Waals surface area contributed by atoms with Crippen LogP contribution < -0.4 is 4.74 Å². The lowest BCUT2D eigenvalue weighted by atomic mass is 10.2. The number of esters is 1. The number of benzene rings is 2. The standard InChI is InChI=1S/C15H12ClNO5/c1-21-14-5-3-2-4-10(14)9-22-15(18)12-8-11(16)6-7-13(12)17(19)20/h2-8H,9H2,1H3. The summed E-state index contributed by atoms with van der Waals surface area (Å²) in [5.41, 5.74) is 0.116. The predicted molar refractivity (Wildman–Crippen MR) is 80.2 cm³/mol. The van der Waals surface area contributed by atoms with E-state index in [1.165, 1.54) is 25.3 Å². The average Bonchev–Trinajstić information content (AvgIpc) is 2.52. The van der Waals surface area contributed by atoms with Gasteiger partial charge in [0.05, 0.1) is 12.0 Å². The summed E-state index contributed by atoms with van der Waals surface area (Å²) in [5.74, 6) is -0.254. The number of carbonyl (C=O) groups excluding carboxylic acids is 1. The summed E-state index contributed by atoms with van der Waals surface area (Å²) in [6.45, 7) is -0.0630. The van der Waals surface area contributed by atoms with Crippen LogP contribution in [0.15, 0.2) is 42.5 Å². The first kappa shape index (κ1) is 15.8. The molecule has 0 aromatic heterocycles. The van der Waals surface area contributed by atoms with Crippen LogP contribution in [-0.4, -0.2) is 18.0 Å². The Bertz CT molecular complexity index is 717. The Labute approximate surface area is 131 Å². The summed E-state index contributed by atoms with van der Waals surface area (Å²) in [6, 6.07) is 10.7. The topological polar surface area (TPSA) is 78.7 Å². The van der Waals surface area contributed by atoms with Gasteiger partial charge in [-0.3, -0.25) is 10.1 Å². The maximum absolute atomic E-state index is 12.1. The van der Waals surface area contributed by atoms with Crippen LogP contribution in [0.3, 0.4) is 0 Å². The number of nitrogens with zero attached hydrogens (tertiary/aromatic N) is 1. The Kier molecular flexibility index (Phi) is 4.95. The Morgan fingerprint density at radius 2 is 2.00 bits per heavy atom. The largest absolute Gasteiger partial charge is 0.496 e. The quantitative estimate of drug-likeness (QED) is 0.477. The van der Waals surface area contributed by atoms with Crippen molar-refractivity contribution in [2.45, 2.75) is 6.61 Å². The summed E-state index contributed by atoms with van der Waals surface area (Å²) in [4.78, 5) is 22.4. The van der Waals surface area contributed by atoms with Crippen molar-refractivity contribution < 1.29 is 19.2 Å². The van der Waals surface area contributed by atoms with Gasteiger partial charge in [0.1, 0.15) is 17.9 Å². The molecule has 0 saturated carbocycles. The molecular weight excluding hydrogens is 310 g/mol. The van der Waals surface area contributed by atoms with Crippen molar-refractivity contribution in [1.29, 1.82) is 0 Å². The number of ether oxygens (including phenoxy) is 2. The molecule has 0 fully saturated rings. The predicted octanol–water partition coefficient (Wildman–Crippen LogP) is 3.61. The van der Waals surface area contributed by atoms with Crippen molar-refractivity contribution in [1.82, 2.24) is 0 Å². The summed E-state index contributed by atoms with van der Waals surface area (Å²) in [5, 5.41) is 11.2. The van der Waals surface area contributed by atoms with Gasteiger partial charge in [-0.05, 0) is 18.2 Å². The third-order valence-electron chi connectivity index (χ3n) is 2.93. The van der Waals surface area contributed by atoms with Crippen LogP contribution in [0.4, 0.5) is 5.69 Å². The van der Waals surface area contributed by atoms with E-state index in [2.05, 4.69) is 0 Å². The second-order valence-electron chi connectivity index (χ2n) is 4.31. The van der Waals surface area contributed by atoms with E-state index in [1.807, 2.05) is 0 Å². The van der Waals surface area contributed by atoms with Crippen molar-refractivity contribution >= 4 is 23.3 Å². The molecule has 2 aromatic carbocycles. The van der Waals surface area contributed by atoms with Crippen LogP contribution in [0.2, 0.25) is 5.02 Å². The molecule has 6 nitrogen and oxygen atoms in total. The minimum absolute atomic E-state index is 0.0630. The van der Waals surface area contributed by atoms with Gasteiger partial charge in [0, 0.05) is 16.7 Å². The molecule has 22 heavy (non-hydrogen) atoms. The molecular formula is C15H12ClNO5. The van der Waals surface area contributed by atoms with E-state index >= 15 is 0 Å². The van der Waals surface area contributed by atoms with Gasteiger partial charge in [-0.1, -0.05) is 29.8 Å². The molecule has 0 radical (unpaired) electrons. The summed E-state index contributed by atoms with van der Waals surface area (Å²) >= 11 is 5.78. The Hall–Kier alpha value is -2.60. The maximum atomic E-state index is 12.1. The number of methoxy groups -OCH3 is 1. The van der Waals surface area contributed by atoms with E-state index in [0.29, 0.717) is 11.3 Å². The zero-order valence-corrected chi connectivity index (χ0v) is 12.4. The van der Waals surface area contributed by atoms with Crippen LogP contribution in [0.25, 0.3) is 0 Å². The van der Waals surface area contributed by atoms with E-state index in [1.54, 1.807) is 24.3 Å². The molecule has 0 heterocycles. The van der Waals surface area contributed by atoms with Crippen LogP contribution in [0, 0.1) is 10.1 Å². The highest BCUT2D eigenvalue weighted by molar-refractivity contribution is 6.31. The molecule has 0 N–H and O–H groups in total. The summed E-state index contributed by atoms with van der Waals surface area (Å²) in [6.07, 6.45) is 0. The number of para-hydroxylation sites is 1. The van der Waals surface area contributed by atoms with Crippen molar-refractivity contribution in [3.05, 3.63) is 68.7 Å². The molecule has 2 rings (SSSR count). The summed E-state index contributed by atoms with van der Waals surface area (Å²) in [7, 11) is 1.50. The lowest BCUT2D eigenvalue weighted by Crippen LogP contribution is -2.09. The van der Waals surface area contributed by atoms with Gasteiger partial charge >= 0.3 is 5.97 Å². The fraction of sp³-hybridized carbons (Fsp3) is 0.133. The van der Waals surface area contributed by atoms with Crippen molar-refractivity contribution in [2.24, 2.45) is 0 Å². The van der Waals surface area contributed by atoms with E-state index in [0.717, 1.165) is 0 Å². The number of carbonyl (C=O) groups is 1. The van der Waals surface area contributed by atoms with Crippen LogP contribution in [-0.2, 0) is 11.3 Å². The molecule has 0 amide bonds. The van der Waals surface area contributed by atoms with Gasteiger partial charge in [-0.15, -0.1) is 0 Å². The number of halogens is 1. The van der Waals surface area contributed by atoms with Crippen molar-refractivity contribution in [3.63, 3.8) is 0 Å². The third-order valence-corrected chi connectivity index (χ3v) is 3.16. The number of hydrogen-bond donors (Lipinski definition) is 0. The molecule has 0 bridgehead atoms. The minimum Gasteiger partial charge on any atom is -0.496 e. The van der Waals surface area contributed by atoms with E-state index in [4.69, 9.17) is 21.1 Å². The van der Waals surface area contributed by atoms with Crippen LogP contribution >= 0.6 is 11.6 Å². The zero-order chi connectivity index (χ0) is 16.1. The maximum Gasteiger partial charge on any atom is 0.345 e. The molecule has 0 aliphatic heterocycles. The fourth-order valence-corrected chi connectivity index (χ4v) is 2.05. The molecule has 0 saturated heterocycles. The number of nitro groups is 1. The van der Waals surface area contributed by atoms with E-state index < -0.39 is 10.9 Å². The third kappa shape index (κ3) is 3.53. The molecule has 0 unspecified atom stereocenters. The number of rotatable bonds is 5. The molecule has 0 aliphatic carbocycles. The Balaban J connectivity index is 2.19. The van der Waals surface area contributed by atoms with Gasteiger partial charge < -0.3 is 9.47 Å². The van der Waals surface area contributed by atoms with Crippen LogP contribution in [0.1, 0.15) is 15.9 Å². The van der Waals surface area contributed by atoms with Crippen molar-refractivity contribution in [2.75, 3.05) is 7.11 Å². The number of nitro benzene ring substituents is 1. The molecule has 2 aromatic rings. The van der Waals surface area contributed by atoms with Gasteiger partial charge in [0.2, 0.25) is 0 Å². The second-order valence-corrected chi connectivity index (χ2v) is 4.74. The van der Waals surface area contributed by atoms with Crippen LogP contribution in [0.5, 0.6) is 5.75 Å². The van der Waals surface area contributed by atoms with Gasteiger partial charge in [0.15, 0.2) is 0 Å². The first-order chi connectivity index (χ1) is 10.5. The average molecular weight is 322 g/mol. The molecule has 0 aliphatic rings. The minimum atomic E-state index is -0.819. The monoisotopic (exact) mass is 321 g/mol. The highest BCUT2D eigenvalue weighted by Crippen LogP contribution is 2.25. The summed E-state index contributed by atoms with van der Waals surface area (Å²) < 4.78 is 10.3. The number of hydrogen-bond acceptors (Lipinski definition) is 5. The lowest BCUT2D eigenvalue weighted by Gasteiger charge is -2.09. The Morgan fingerprint density at radius 1 is 1.27 bits per heavy atom. The van der Waals surface area contributed by atoms with E-state index in [9.17, 15) is 14.9 Å². The molecule has 7 heteroatoms.